The molecular weight excluding hydrogens is 140 g/mol. The van der Waals surface area contributed by atoms with E-state index in [4.69, 9.17) is 0 Å². The fraction of sp³-hybridized carbons (Fsp3) is 0.778. The molecule has 1 aliphatic carbocycles. The second kappa shape index (κ2) is 3.16. The summed E-state index contributed by atoms with van der Waals surface area (Å²) in [6.07, 6.45) is 1.57. The SMILES string of the molecule is CC(C)CC1CC(=O)CC1=O. The molecule has 0 radical (unpaired) electrons. The van der Waals surface area contributed by atoms with E-state index in [1.165, 1.54) is 0 Å². The van der Waals surface area contributed by atoms with Crippen LogP contribution in [0.2, 0.25) is 0 Å². The Morgan fingerprint density at radius 2 is 2.09 bits per heavy atom. The monoisotopic (exact) mass is 154 g/mol. The molecular formula is C9H14O2. The molecule has 0 amide bonds. The zero-order valence-electron chi connectivity index (χ0n) is 7.09. The van der Waals surface area contributed by atoms with Crippen molar-refractivity contribution in [2.45, 2.75) is 33.1 Å². The van der Waals surface area contributed by atoms with Gasteiger partial charge in [-0.2, -0.15) is 0 Å². The molecule has 0 aliphatic heterocycles. The molecule has 0 heterocycles. The van der Waals surface area contributed by atoms with E-state index in [1.54, 1.807) is 0 Å². The van der Waals surface area contributed by atoms with E-state index < -0.39 is 0 Å². The maximum Gasteiger partial charge on any atom is 0.143 e. The second-order valence-electron chi connectivity index (χ2n) is 3.71. The fourth-order valence-electron chi connectivity index (χ4n) is 1.58. The third-order valence-electron chi connectivity index (χ3n) is 2.06. The Bertz CT molecular complexity index is 182. The predicted octanol–water partition coefficient (Wildman–Crippen LogP) is 1.58. The van der Waals surface area contributed by atoms with Gasteiger partial charge >= 0.3 is 0 Å². The first-order valence-electron chi connectivity index (χ1n) is 4.14. The number of hydrogen-bond acceptors (Lipinski definition) is 2. The molecule has 1 rings (SSSR count). The Balaban J connectivity index is 2.47. The summed E-state index contributed by atoms with van der Waals surface area (Å²) in [5.74, 6) is 0.849. The molecule has 0 spiro atoms. The number of hydrogen-bond donors (Lipinski definition) is 0. The number of carbonyl (C=O) groups excluding carboxylic acids is 2. The molecule has 1 fully saturated rings. The number of carbonyl (C=O) groups is 2. The van der Waals surface area contributed by atoms with E-state index in [0.29, 0.717) is 12.3 Å². The average molecular weight is 154 g/mol. The third-order valence-corrected chi connectivity index (χ3v) is 2.06. The highest BCUT2D eigenvalue weighted by molar-refractivity contribution is 6.06. The summed E-state index contributed by atoms with van der Waals surface area (Å²) >= 11 is 0. The summed E-state index contributed by atoms with van der Waals surface area (Å²) in [6, 6.07) is 0. The summed E-state index contributed by atoms with van der Waals surface area (Å²) in [4.78, 5) is 21.9. The zero-order valence-corrected chi connectivity index (χ0v) is 7.09. The Morgan fingerprint density at radius 3 is 2.45 bits per heavy atom. The van der Waals surface area contributed by atoms with Crippen molar-refractivity contribution in [1.82, 2.24) is 0 Å². The van der Waals surface area contributed by atoms with Crippen molar-refractivity contribution in [3.8, 4) is 0 Å². The lowest BCUT2D eigenvalue weighted by atomic mass is 9.95. The van der Waals surface area contributed by atoms with Crippen LogP contribution < -0.4 is 0 Å². The molecule has 0 aromatic rings. The highest BCUT2D eigenvalue weighted by Crippen LogP contribution is 2.24. The van der Waals surface area contributed by atoms with Gasteiger partial charge in [-0.25, -0.2) is 0 Å². The van der Waals surface area contributed by atoms with Crippen molar-refractivity contribution in [2.75, 3.05) is 0 Å². The molecule has 0 aromatic heterocycles. The van der Waals surface area contributed by atoms with Crippen LogP contribution in [0.3, 0.4) is 0 Å². The van der Waals surface area contributed by atoms with Crippen molar-refractivity contribution >= 4 is 11.6 Å². The van der Waals surface area contributed by atoms with Gasteiger partial charge < -0.3 is 0 Å². The summed E-state index contributed by atoms with van der Waals surface area (Å²) in [5.41, 5.74) is 0. The molecule has 2 heteroatoms. The van der Waals surface area contributed by atoms with Crippen molar-refractivity contribution in [3.05, 3.63) is 0 Å². The van der Waals surface area contributed by atoms with Crippen LogP contribution in [0.5, 0.6) is 0 Å². The normalized spacial score (nSPS) is 25.2. The molecule has 2 nitrogen and oxygen atoms in total. The minimum atomic E-state index is 0.0440. The Hall–Kier alpha value is -0.660. The zero-order chi connectivity index (χ0) is 8.43. The first-order valence-corrected chi connectivity index (χ1v) is 4.14. The van der Waals surface area contributed by atoms with E-state index in [9.17, 15) is 9.59 Å². The van der Waals surface area contributed by atoms with E-state index >= 15 is 0 Å². The first-order chi connectivity index (χ1) is 5.09. The Labute approximate surface area is 67.0 Å². The van der Waals surface area contributed by atoms with Gasteiger partial charge in [0.2, 0.25) is 0 Å². The number of Topliss-reactive ketones (excluding diaryl/α,β-unsaturated/α-hetero) is 2. The van der Waals surface area contributed by atoms with Crippen LogP contribution in [0.15, 0.2) is 0 Å². The minimum absolute atomic E-state index is 0.0440. The predicted molar refractivity (Wildman–Crippen MR) is 42.2 cm³/mol. The summed E-state index contributed by atoms with van der Waals surface area (Å²) in [6.45, 7) is 4.16. The molecule has 1 atom stereocenters. The van der Waals surface area contributed by atoms with Gasteiger partial charge in [-0.15, -0.1) is 0 Å². The standard InChI is InChI=1S/C9H14O2/c1-6(2)3-7-4-8(10)5-9(7)11/h6-7H,3-5H2,1-2H3. The van der Waals surface area contributed by atoms with E-state index in [1.807, 2.05) is 0 Å². The topological polar surface area (TPSA) is 34.1 Å². The maximum absolute atomic E-state index is 11.1. The van der Waals surface area contributed by atoms with Gasteiger partial charge in [-0.05, 0) is 12.3 Å². The number of ketones is 2. The molecule has 1 unspecified atom stereocenters. The van der Waals surface area contributed by atoms with Gasteiger partial charge in [0.1, 0.15) is 11.6 Å². The van der Waals surface area contributed by atoms with Gasteiger partial charge in [0.05, 0.1) is 6.42 Å². The Kier molecular flexibility index (Phi) is 2.42. The van der Waals surface area contributed by atoms with Crippen LogP contribution in [0, 0.1) is 11.8 Å². The van der Waals surface area contributed by atoms with Gasteiger partial charge in [-0.3, -0.25) is 9.59 Å². The van der Waals surface area contributed by atoms with Crippen molar-refractivity contribution in [1.29, 1.82) is 0 Å². The first kappa shape index (κ1) is 8.44. The molecule has 1 aliphatic rings. The highest BCUT2D eigenvalue weighted by atomic mass is 16.2. The van der Waals surface area contributed by atoms with Crippen LogP contribution in [0.25, 0.3) is 0 Å². The maximum atomic E-state index is 11.1. The van der Waals surface area contributed by atoms with Crippen LogP contribution in [0.1, 0.15) is 33.1 Å². The van der Waals surface area contributed by atoms with Gasteiger partial charge in [-0.1, -0.05) is 13.8 Å². The molecule has 62 valence electrons. The highest BCUT2D eigenvalue weighted by Gasteiger charge is 2.30. The lowest BCUT2D eigenvalue weighted by Gasteiger charge is -2.08. The second-order valence-corrected chi connectivity index (χ2v) is 3.71. The summed E-state index contributed by atoms with van der Waals surface area (Å²) in [7, 11) is 0. The van der Waals surface area contributed by atoms with Gasteiger partial charge in [0, 0.05) is 12.3 Å². The summed E-state index contributed by atoms with van der Waals surface area (Å²) < 4.78 is 0. The molecule has 0 bridgehead atoms. The van der Waals surface area contributed by atoms with Crippen LogP contribution in [0.4, 0.5) is 0 Å². The summed E-state index contributed by atoms with van der Waals surface area (Å²) in [5, 5.41) is 0. The molecule has 0 aromatic carbocycles. The largest absolute Gasteiger partial charge is 0.299 e. The van der Waals surface area contributed by atoms with Crippen molar-refractivity contribution in [2.24, 2.45) is 11.8 Å². The molecule has 0 saturated heterocycles. The van der Waals surface area contributed by atoms with E-state index in [0.717, 1.165) is 6.42 Å². The smallest absolute Gasteiger partial charge is 0.143 e. The Morgan fingerprint density at radius 1 is 1.45 bits per heavy atom. The fourth-order valence-corrected chi connectivity index (χ4v) is 1.58. The van der Waals surface area contributed by atoms with E-state index in [2.05, 4.69) is 13.8 Å². The van der Waals surface area contributed by atoms with Crippen LogP contribution >= 0.6 is 0 Å². The third kappa shape index (κ3) is 2.14. The van der Waals surface area contributed by atoms with Crippen LogP contribution in [-0.4, -0.2) is 11.6 Å². The quantitative estimate of drug-likeness (QED) is 0.566. The van der Waals surface area contributed by atoms with Crippen LogP contribution in [-0.2, 0) is 9.59 Å². The molecule has 11 heavy (non-hydrogen) atoms. The van der Waals surface area contributed by atoms with Crippen molar-refractivity contribution < 1.29 is 9.59 Å². The molecule has 1 saturated carbocycles. The van der Waals surface area contributed by atoms with Crippen molar-refractivity contribution in [3.63, 3.8) is 0 Å². The average Bonchev–Trinajstić information content (AvgIpc) is 2.09. The lowest BCUT2D eigenvalue weighted by molar-refractivity contribution is -0.122. The van der Waals surface area contributed by atoms with Gasteiger partial charge in [0.15, 0.2) is 0 Å². The molecule has 0 N–H and O–H groups in total. The lowest BCUT2D eigenvalue weighted by Crippen LogP contribution is -2.08. The minimum Gasteiger partial charge on any atom is -0.299 e. The number of rotatable bonds is 2. The van der Waals surface area contributed by atoms with Gasteiger partial charge in [0.25, 0.3) is 0 Å². The van der Waals surface area contributed by atoms with E-state index in [-0.39, 0.29) is 23.9 Å².